The predicted molar refractivity (Wildman–Crippen MR) is 95.4 cm³/mol. The number of nitrogens with zero attached hydrogens (tertiary/aromatic N) is 1. The number of anilines is 1. The third-order valence-corrected chi connectivity index (χ3v) is 5.27. The van der Waals surface area contributed by atoms with Gasteiger partial charge in [-0.3, -0.25) is 0 Å². The van der Waals surface area contributed by atoms with Gasteiger partial charge in [-0.2, -0.15) is 0 Å². The standard InChI is InChI=1S/C20H15NO5/c1-21-7-13-18(14(22)6-17-20(13)26-9-25-17)11-3-2-10-4-15-16(24-8-23-15)5-12(10)19(11)21/h2-6,22H,7-9H2,1H3. The average molecular weight is 349 g/mol. The first-order valence-electron chi connectivity index (χ1n) is 8.43. The number of fused-ring (bicyclic) bond motifs is 8. The van der Waals surface area contributed by atoms with Gasteiger partial charge in [-0.25, -0.2) is 0 Å². The minimum Gasteiger partial charge on any atom is -0.507 e. The van der Waals surface area contributed by atoms with Gasteiger partial charge in [-0.1, -0.05) is 12.1 Å². The second-order valence-corrected chi connectivity index (χ2v) is 6.73. The van der Waals surface area contributed by atoms with Gasteiger partial charge < -0.3 is 29.0 Å². The molecule has 26 heavy (non-hydrogen) atoms. The molecule has 6 rings (SSSR count). The minimum absolute atomic E-state index is 0.184. The summed E-state index contributed by atoms with van der Waals surface area (Å²) >= 11 is 0. The van der Waals surface area contributed by atoms with E-state index in [1.807, 2.05) is 31.3 Å². The summed E-state index contributed by atoms with van der Waals surface area (Å²) in [5.41, 5.74) is 3.79. The molecule has 3 aromatic rings. The first-order valence-corrected chi connectivity index (χ1v) is 8.43. The molecule has 6 nitrogen and oxygen atoms in total. The molecule has 0 aromatic heterocycles. The maximum absolute atomic E-state index is 10.7. The summed E-state index contributed by atoms with van der Waals surface area (Å²) in [6, 6.07) is 9.74. The normalized spacial score (nSPS) is 16.0. The molecule has 130 valence electrons. The van der Waals surface area contributed by atoms with E-state index in [1.165, 1.54) is 0 Å². The van der Waals surface area contributed by atoms with E-state index in [0.717, 1.165) is 50.4 Å². The molecule has 1 N–H and O–H groups in total. The summed E-state index contributed by atoms with van der Waals surface area (Å²) in [6.45, 7) is 1.05. The van der Waals surface area contributed by atoms with Crippen LogP contribution in [0.25, 0.3) is 21.9 Å². The van der Waals surface area contributed by atoms with Crippen LogP contribution in [-0.4, -0.2) is 25.7 Å². The van der Waals surface area contributed by atoms with E-state index >= 15 is 0 Å². The lowest BCUT2D eigenvalue weighted by Gasteiger charge is -2.32. The largest absolute Gasteiger partial charge is 0.507 e. The van der Waals surface area contributed by atoms with Crippen molar-refractivity contribution in [3.8, 4) is 39.9 Å². The smallest absolute Gasteiger partial charge is 0.231 e. The molecule has 0 radical (unpaired) electrons. The molecule has 0 atom stereocenters. The lowest BCUT2D eigenvalue weighted by molar-refractivity contribution is 0.173. The van der Waals surface area contributed by atoms with Crippen LogP contribution in [0.2, 0.25) is 0 Å². The number of hydrogen-bond donors (Lipinski definition) is 1. The fourth-order valence-electron chi connectivity index (χ4n) is 4.17. The van der Waals surface area contributed by atoms with Gasteiger partial charge in [0.05, 0.1) is 5.69 Å². The van der Waals surface area contributed by atoms with Crippen molar-refractivity contribution in [2.45, 2.75) is 6.54 Å². The summed E-state index contributed by atoms with van der Waals surface area (Å²) < 4.78 is 22.2. The second kappa shape index (κ2) is 4.66. The zero-order valence-corrected chi connectivity index (χ0v) is 14.0. The quantitative estimate of drug-likeness (QED) is 0.669. The number of hydrogen-bond acceptors (Lipinski definition) is 6. The molecule has 0 saturated heterocycles. The van der Waals surface area contributed by atoms with Crippen molar-refractivity contribution >= 4 is 16.5 Å². The summed E-state index contributed by atoms with van der Waals surface area (Å²) in [5.74, 6) is 3.05. The Morgan fingerprint density at radius 1 is 0.923 bits per heavy atom. The molecule has 0 spiro atoms. The van der Waals surface area contributed by atoms with Crippen LogP contribution in [0.4, 0.5) is 5.69 Å². The van der Waals surface area contributed by atoms with Crippen molar-refractivity contribution in [3.63, 3.8) is 0 Å². The van der Waals surface area contributed by atoms with Crippen LogP contribution in [0.15, 0.2) is 30.3 Å². The zero-order valence-electron chi connectivity index (χ0n) is 14.0. The molecule has 0 bridgehead atoms. The minimum atomic E-state index is 0.184. The van der Waals surface area contributed by atoms with E-state index in [1.54, 1.807) is 6.07 Å². The van der Waals surface area contributed by atoms with Crippen molar-refractivity contribution in [2.24, 2.45) is 0 Å². The summed E-state index contributed by atoms with van der Waals surface area (Å²) in [7, 11) is 2.04. The Balaban J connectivity index is 1.68. The van der Waals surface area contributed by atoms with Crippen LogP contribution >= 0.6 is 0 Å². The van der Waals surface area contributed by atoms with Gasteiger partial charge in [0.25, 0.3) is 0 Å². The highest BCUT2D eigenvalue weighted by Gasteiger charge is 2.32. The Labute approximate surface area is 149 Å². The first kappa shape index (κ1) is 13.9. The fraction of sp³-hybridized carbons (Fsp3) is 0.200. The summed E-state index contributed by atoms with van der Waals surface area (Å²) in [5, 5.41) is 12.8. The Hall–Kier alpha value is -3.28. The monoisotopic (exact) mass is 349 g/mol. The SMILES string of the molecule is CN1Cc2c3c(cc(O)c2-c2ccc4cc5c(cc4c21)OCO5)OCO3. The van der Waals surface area contributed by atoms with E-state index in [4.69, 9.17) is 18.9 Å². The third kappa shape index (κ3) is 1.66. The van der Waals surface area contributed by atoms with Crippen molar-refractivity contribution < 1.29 is 24.1 Å². The van der Waals surface area contributed by atoms with Gasteiger partial charge in [0.1, 0.15) is 5.75 Å². The highest BCUT2D eigenvalue weighted by Crippen LogP contribution is 2.53. The number of phenols is 1. The maximum Gasteiger partial charge on any atom is 0.231 e. The van der Waals surface area contributed by atoms with E-state index in [-0.39, 0.29) is 19.3 Å². The molecule has 3 aliphatic rings. The van der Waals surface area contributed by atoms with Crippen molar-refractivity contribution in [1.29, 1.82) is 0 Å². The van der Waals surface area contributed by atoms with Crippen LogP contribution < -0.4 is 23.8 Å². The van der Waals surface area contributed by atoms with Crippen molar-refractivity contribution in [2.75, 3.05) is 25.5 Å². The average Bonchev–Trinajstić information content (AvgIpc) is 3.27. The zero-order chi connectivity index (χ0) is 17.4. The molecule has 0 fully saturated rings. The van der Waals surface area contributed by atoms with Gasteiger partial charge in [-0.05, 0) is 17.5 Å². The van der Waals surface area contributed by atoms with Crippen LogP contribution in [0.5, 0.6) is 28.7 Å². The van der Waals surface area contributed by atoms with E-state index in [9.17, 15) is 5.11 Å². The molecular formula is C20H15NO5. The molecule has 0 aliphatic carbocycles. The number of rotatable bonds is 0. The summed E-state index contributed by atoms with van der Waals surface area (Å²) in [6.07, 6.45) is 0. The Bertz CT molecular complexity index is 1110. The molecule has 3 aromatic carbocycles. The number of benzene rings is 3. The van der Waals surface area contributed by atoms with E-state index in [0.29, 0.717) is 12.3 Å². The number of ether oxygens (including phenoxy) is 4. The van der Waals surface area contributed by atoms with Crippen LogP contribution in [-0.2, 0) is 6.54 Å². The Morgan fingerprint density at radius 2 is 1.69 bits per heavy atom. The molecule has 0 unspecified atom stereocenters. The summed E-state index contributed by atoms with van der Waals surface area (Å²) in [4.78, 5) is 2.17. The van der Waals surface area contributed by atoms with E-state index in [2.05, 4.69) is 4.90 Å². The van der Waals surface area contributed by atoms with Gasteiger partial charge in [0, 0.05) is 41.7 Å². The first-order chi connectivity index (χ1) is 12.7. The van der Waals surface area contributed by atoms with E-state index < -0.39 is 0 Å². The van der Waals surface area contributed by atoms with Crippen LogP contribution in [0.3, 0.4) is 0 Å². The lowest BCUT2D eigenvalue weighted by Crippen LogP contribution is -2.22. The molecule has 3 heterocycles. The highest BCUT2D eigenvalue weighted by molar-refractivity contribution is 6.06. The molecule has 0 amide bonds. The van der Waals surface area contributed by atoms with Gasteiger partial charge in [-0.15, -0.1) is 0 Å². The van der Waals surface area contributed by atoms with Gasteiger partial charge >= 0.3 is 0 Å². The Kier molecular flexibility index (Phi) is 2.50. The molecular weight excluding hydrogens is 334 g/mol. The maximum atomic E-state index is 10.7. The Morgan fingerprint density at radius 3 is 2.58 bits per heavy atom. The predicted octanol–water partition coefficient (Wildman–Crippen LogP) is 3.62. The third-order valence-electron chi connectivity index (χ3n) is 5.27. The topological polar surface area (TPSA) is 60.4 Å². The molecule has 6 heteroatoms. The van der Waals surface area contributed by atoms with Gasteiger partial charge in [0.15, 0.2) is 23.0 Å². The molecule has 0 saturated carbocycles. The van der Waals surface area contributed by atoms with Crippen molar-refractivity contribution in [1.82, 2.24) is 0 Å². The van der Waals surface area contributed by atoms with Crippen LogP contribution in [0, 0.1) is 0 Å². The second-order valence-electron chi connectivity index (χ2n) is 6.73. The van der Waals surface area contributed by atoms with Gasteiger partial charge in [0.2, 0.25) is 13.6 Å². The molecule has 3 aliphatic heterocycles. The van der Waals surface area contributed by atoms with Crippen molar-refractivity contribution in [3.05, 3.63) is 35.9 Å². The lowest BCUT2D eigenvalue weighted by atomic mass is 9.89. The van der Waals surface area contributed by atoms with Crippen LogP contribution in [0.1, 0.15) is 5.56 Å². The fourth-order valence-corrected chi connectivity index (χ4v) is 4.17. The number of aromatic hydroxyl groups is 1. The number of phenolic OH excluding ortho intramolecular Hbond substituents is 1. The highest BCUT2D eigenvalue weighted by atomic mass is 16.7.